The number of aryl methyl sites for hydroxylation is 1. The summed E-state index contributed by atoms with van der Waals surface area (Å²) in [6, 6.07) is 0.248. The van der Waals surface area contributed by atoms with E-state index in [2.05, 4.69) is 15.1 Å². The quantitative estimate of drug-likeness (QED) is 0.846. The average molecular weight is 321 g/mol. The number of piperidine rings is 1. The lowest BCUT2D eigenvalue weighted by molar-refractivity contribution is 0.190. The van der Waals surface area contributed by atoms with Crippen LogP contribution in [0.1, 0.15) is 24.1 Å². The summed E-state index contributed by atoms with van der Waals surface area (Å²) in [5.74, 6) is 0.141. The van der Waals surface area contributed by atoms with Crippen LogP contribution >= 0.6 is 11.6 Å². The highest BCUT2D eigenvalue weighted by molar-refractivity contribution is 7.89. The Bertz CT molecular complexity index is 570. The lowest BCUT2D eigenvalue weighted by Gasteiger charge is -2.35. The third-order valence-corrected chi connectivity index (χ3v) is 5.95. The summed E-state index contributed by atoms with van der Waals surface area (Å²) in [7, 11) is 0.381. The van der Waals surface area contributed by atoms with Crippen molar-refractivity contribution in [3.63, 3.8) is 0 Å². The molecule has 0 radical (unpaired) electrons. The lowest BCUT2D eigenvalue weighted by atomic mass is 10.1. The zero-order valence-corrected chi connectivity index (χ0v) is 13.6. The first-order valence-electron chi connectivity index (χ1n) is 6.64. The second-order valence-electron chi connectivity index (χ2n) is 5.39. The Kier molecular flexibility index (Phi) is 4.73. The minimum atomic E-state index is -3.57. The minimum Gasteiger partial charge on any atom is -0.305 e. The Hall–Kier alpha value is -0.630. The molecule has 1 unspecified atom stereocenters. The number of hydrogen-bond acceptors (Lipinski definition) is 4. The normalized spacial score (nSPS) is 21.6. The van der Waals surface area contributed by atoms with Gasteiger partial charge in [-0.3, -0.25) is 5.10 Å². The topological polar surface area (TPSA) is 69.3 Å². The highest BCUT2D eigenvalue weighted by atomic mass is 35.5. The van der Waals surface area contributed by atoms with Crippen LogP contribution in [0.25, 0.3) is 0 Å². The van der Waals surface area contributed by atoms with Gasteiger partial charge in [0, 0.05) is 30.4 Å². The first kappa shape index (κ1) is 15.8. The molecule has 0 aliphatic carbocycles. The molecular weight excluding hydrogens is 300 g/mol. The summed E-state index contributed by atoms with van der Waals surface area (Å²) in [4.78, 5) is 2.07. The van der Waals surface area contributed by atoms with Gasteiger partial charge in [0.05, 0.1) is 5.88 Å². The number of alkyl halides is 1. The predicted octanol–water partition coefficient (Wildman–Crippen LogP) is 1.17. The fourth-order valence-corrected chi connectivity index (χ4v) is 4.57. The van der Waals surface area contributed by atoms with E-state index in [1.807, 2.05) is 14.1 Å². The highest BCUT2D eigenvalue weighted by Gasteiger charge is 2.34. The zero-order valence-electron chi connectivity index (χ0n) is 12.1. The molecule has 0 amide bonds. The summed E-state index contributed by atoms with van der Waals surface area (Å²) in [5.41, 5.74) is 1.28. The summed E-state index contributed by atoms with van der Waals surface area (Å²) in [6.45, 7) is 2.83. The van der Waals surface area contributed by atoms with E-state index in [9.17, 15) is 8.42 Å². The van der Waals surface area contributed by atoms with Crippen LogP contribution in [-0.4, -0.2) is 61.0 Å². The van der Waals surface area contributed by atoms with Gasteiger partial charge in [-0.25, -0.2) is 8.42 Å². The van der Waals surface area contributed by atoms with Crippen molar-refractivity contribution in [1.29, 1.82) is 0 Å². The van der Waals surface area contributed by atoms with Crippen LogP contribution in [0.2, 0.25) is 0 Å². The van der Waals surface area contributed by atoms with Crippen molar-refractivity contribution in [1.82, 2.24) is 19.4 Å². The molecule has 1 aromatic rings. The van der Waals surface area contributed by atoms with Gasteiger partial charge in [-0.05, 0) is 33.9 Å². The molecule has 0 saturated carbocycles. The number of rotatable bonds is 4. The Labute approximate surface area is 125 Å². The summed E-state index contributed by atoms with van der Waals surface area (Å²) >= 11 is 5.85. The fourth-order valence-electron chi connectivity index (χ4n) is 2.48. The highest BCUT2D eigenvalue weighted by Crippen LogP contribution is 2.25. The van der Waals surface area contributed by atoms with Crippen molar-refractivity contribution >= 4 is 21.6 Å². The zero-order chi connectivity index (χ0) is 14.9. The molecule has 1 aliphatic rings. The van der Waals surface area contributed by atoms with Gasteiger partial charge in [-0.2, -0.15) is 9.40 Å². The van der Waals surface area contributed by atoms with E-state index in [0.29, 0.717) is 24.3 Å². The van der Waals surface area contributed by atoms with E-state index in [0.717, 1.165) is 12.8 Å². The predicted molar refractivity (Wildman–Crippen MR) is 78.3 cm³/mol. The number of H-pyrrole nitrogens is 1. The van der Waals surface area contributed by atoms with Gasteiger partial charge >= 0.3 is 0 Å². The first-order chi connectivity index (χ1) is 9.37. The summed E-state index contributed by atoms with van der Waals surface area (Å²) in [6.07, 6.45) is 1.88. The Morgan fingerprint density at radius 1 is 1.50 bits per heavy atom. The van der Waals surface area contributed by atoms with Gasteiger partial charge in [0.1, 0.15) is 0 Å². The van der Waals surface area contributed by atoms with Gasteiger partial charge in [0.2, 0.25) is 0 Å². The molecule has 0 spiro atoms. The molecule has 20 heavy (non-hydrogen) atoms. The van der Waals surface area contributed by atoms with Crippen molar-refractivity contribution in [3.05, 3.63) is 11.3 Å². The molecule has 1 N–H and O–H groups in total. The largest absolute Gasteiger partial charge is 0.305 e. The summed E-state index contributed by atoms with van der Waals surface area (Å²) in [5, 5.41) is 6.74. The van der Waals surface area contributed by atoms with Crippen molar-refractivity contribution in [2.75, 3.05) is 27.2 Å². The molecule has 1 aromatic heterocycles. The number of sulfonamides is 1. The van der Waals surface area contributed by atoms with Crippen LogP contribution in [0.5, 0.6) is 0 Å². The second-order valence-corrected chi connectivity index (χ2v) is 7.51. The molecule has 1 fully saturated rings. The number of nitrogens with zero attached hydrogens (tertiary/aromatic N) is 3. The van der Waals surface area contributed by atoms with Crippen LogP contribution < -0.4 is 0 Å². The second kappa shape index (κ2) is 6.01. The van der Waals surface area contributed by atoms with Crippen LogP contribution in [0.15, 0.2) is 5.03 Å². The maximum Gasteiger partial charge on any atom is 0.262 e. The van der Waals surface area contributed by atoms with E-state index < -0.39 is 10.0 Å². The van der Waals surface area contributed by atoms with Gasteiger partial charge in [-0.15, -0.1) is 11.6 Å². The van der Waals surface area contributed by atoms with Crippen LogP contribution in [0.3, 0.4) is 0 Å². The van der Waals surface area contributed by atoms with Crippen LogP contribution in [0, 0.1) is 6.92 Å². The van der Waals surface area contributed by atoms with Crippen molar-refractivity contribution < 1.29 is 8.42 Å². The van der Waals surface area contributed by atoms with Crippen molar-refractivity contribution in [3.8, 4) is 0 Å². The third-order valence-electron chi connectivity index (χ3n) is 3.84. The minimum absolute atomic E-state index is 0.0735. The molecule has 1 atom stereocenters. The number of aromatic amines is 1. The Balaban J connectivity index is 2.30. The number of aromatic nitrogens is 2. The average Bonchev–Trinajstić information content (AvgIpc) is 2.80. The van der Waals surface area contributed by atoms with Crippen molar-refractivity contribution in [2.24, 2.45) is 0 Å². The van der Waals surface area contributed by atoms with E-state index in [1.165, 1.54) is 4.31 Å². The Morgan fingerprint density at radius 3 is 2.80 bits per heavy atom. The van der Waals surface area contributed by atoms with E-state index >= 15 is 0 Å². The van der Waals surface area contributed by atoms with Gasteiger partial charge in [0.15, 0.2) is 5.03 Å². The molecule has 2 heterocycles. The third kappa shape index (κ3) is 2.86. The molecule has 1 aliphatic heterocycles. The SMILES string of the molecule is Cc1[nH]nc(S(=O)(=O)N2CCCC(N(C)C)C2)c1CCl. The monoisotopic (exact) mass is 320 g/mol. The molecule has 114 valence electrons. The number of likely N-dealkylation sites (N-methyl/N-ethyl adjacent to an activating group) is 1. The number of halogens is 1. The molecule has 6 nitrogen and oxygen atoms in total. The maximum absolute atomic E-state index is 12.7. The lowest BCUT2D eigenvalue weighted by Crippen LogP contribution is -2.47. The Morgan fingerprint density at radius 2 is 2.20 bits per heavy atom. The smallest absolute Gasteiger partial charge is 0.262 e. The van der Waals surface area contributed by atoms with Gasteiger partial charge < -0.3 is 4.90 Å². The number of hydrogen-bond donors (Lipinski definition) is 1. The molecular formula is C12H21ClN4O2S. The fraction of sp³-hybridized carbons (Fsp3) is 0.750. The van der Waals surface area contributed by atoms with E-state index in [4.69, 9.17) is 11.6 Å². The molecule has 0 aromatic carbocycles. The van der Waals surface area contributed by atoms with Crippen LogP contribution in [0.4, 0.5) is 0 Å². The van der Waals surface area contributed by atoms with Gasteiger partial charge in [-0.1, -0.05) is 0 Å². The van der Waals surface area contributed by atoms with E-state index in [-0.39, 0.29) is 16.9 Å². The molecule has 8 heteroatoms. The maximum atomic E-state index is 12.7. The first-order valence-corrected chi connectivity index (χ1v) is 8.61. The molecule has 2 rings (SSSR count). The standard InChI is InChI=1S/C12H21ClN4O2S/c1-9-11(7-13)12(15-14-9)20(18,19)17-6-4-5-10(8-17)16(2)3/h10H,4-8H2,1-3H3,(H,14,15). The molecule has 1 saturated heterocycles. The van der Waals surface area contributed by atoms with Crippen molar-refractivity contribution in [2.45, 2.75) is 36.7 Å². The summed E-state index contributed by atoms with van der Waals surface area (Å²) < 4.78 is 27.0. The number of nitrogens with one attached hydrogen (secondary N) is 1. The van der Waals surface area contributed by atoms with Gasteiger partial charge in [0.25, 0.3) is 10.0 Å². The van der Waals surface area contributed by atoms with Crippen LogP contribution in [-0.2, 0) is 15.9 Å². The molecule has 0 bridgehead atoms. The van der Waals surface area contributed by atoms with E-state index in [1.54, 1.807) is 6.92 Å².